The molecule has 138 valence electrons. The van der Waals surface area contributed by atoms with Crippen LogP contribution in [0.4, 0.5) is 0 Å². The number of nitrogens with one attached hydrogen (secondary N) is 1. The molecule has 1 aromatic heterocycles. The number of ether oxygens (including phenoxy) is 2. The van der Waals surface area contributed by atoms with Gasteiger partial charge in [0.1, 0.15) is 12.7 Å². The highest BCUT2D eigenvalue weighted by Crippen LogP contribution is 2.30. The third kappa shape index (κ3) is 3.78. The smallest absolute Gasteiger partial charge is 0.251 e. The number of rotatable bonds is 4. The van der Waals surface area contributed by atoms with Gasteiger partial charge in [-0.1, -0.05) is 0 Å². The van der Waals surface area contributed by atoms with Crippen molar-refractivity contribution in [3.8, 4) is 5.69 Å². The van der Waals surface area contributed by atoms with Crippen molar-refractivity contribution in [2.24, 2.45) is 11.8 Å². The molecule has 2 aliphatic rings. The summed E-state index contributed by atoms with van der Waals surface area (Å²) in [5.41, 5.74) is 1.59. The van der Waals surface area contributed by atoms with Crippen LogP contribution in [0.15, 0.2) is 36.9 Å². The molecule has 4 rings (SSSR count). The Balaban J connectivity index is 1.42. The topological polar surface area (TPSA) is 78.3 Å². The molecule has 0 unspecified atom stereocenters. The molecule has 0 radical (unpaired) electrons. The van der Waals surface area contributed by atoms with E-state index >= 15 is 0 Å². The monoisotopic (exact) mass is 356 g/mol. The molecule has 0 aliphatic carbocycles. The molecular formula is C19H24N4O3. The van der Waals surface area contributed by atoms with E-state index in [1.54, 1.807) is 17.2 Å². The van der Waals surface area contributed by atoms with E-state index in [1.165, 1.54) is 0 Å². The van der Waals surface area contributed by atoms with Crippen LogP contribution in [0, 0.1) is 11.8 Å². The maximum absolute atomic E-state index is 12.7. The van der Waals surface area contributed by atoms with Crippen LogP contribution < -0.4 is 5.32 Å². The van der Waals surface area contributed by atoms with Crippen molar-refractivity contribution in [3.63, 3.8) is 0 Å². The molecule has 2 atom stereocenters. The molecule has 2 fully saturated rings. The van der Waals surface area contributed by atoms with Crippen molar-refractivity contribution in [3.05, 3.63) is 42.5 Å². The van der Waals surface area contributed by atoms with Gasteiger partial charge in [0.05, 0.1) is 6.61 Å². The van der Waals surface area contributed by atoms with E-state index in [-0.39, 0.29) is 11.9 Å². The zero-order valence-corrected chi connectivity index (χ0v) is 14.7. The fraction of sp³-hybridized carbons (Fsp3) is 0.526. The maximum atomic E-state index is 12.7. The largest absolute Gasteiger partial charge is 0.381 e. The summed E-state index contributed by atoms with van der Waals surface area (Å²) >= 11 is 0. The van der Waals surface area contributed by atoms with Crippen LogP contribution in [-0.2, 0) is 9.47 Å². The molecule has 0 spiro atoms. The van der Waals surface area contributed by atoms with Crippen molar-refractivity contribution in [1.29, 1.82) is 0 Å². The van der Waals surface area contributed by atoms with Crippen LogP contribution in [0.3, 0.4) is 0 Å². The van der Waals surface area contributed by atoms with Gasteiger partial charge in [0.15, 0.2) is 0 Å². The van der Waals surface area contributed by atoms with Crippen LogP contribution in [-0.4, -0.2) is 53.1 Å². The minimum Gasteiger partial charge on any atom is -0.381 e. The molecule has 2 aromatic rings. The number of aromatic nitrogens is 3. The van der Waals surface area contributed by atoms with Gasteiger partial charge in [0.25, 0.3) is 5.91 Å². The SMILES string of the molecule is O=C(N[C@H]1CCOC[C@H]1C1CCOCC1)c1ccc(-n2cnnc2)cc1. The molecule has 26 heavy (non-hydrogen) atoms. The Morgan fingerprint density at radius 2 is 1.69 bits per heavy atom. The first kappa shape index (κ1) is 17.2. The minimum absolute atomic E-state index is 0.0238. The van der Waals surface area contributed by atoms with Gasteiger partial charge in [-0.15, -0.1) is 10.2 Å². The van der Waals surface area contributed by atoms with E-state index in [0.717, 1.165) is 44.8 Å². The van der Waals surface area contributed by atoms with Gasteiger partial charge in [-0.2, -0.15) is 0 Å². The van der Waals surface area contributed by atoms with Gasteiger partial charge in [0.2, 0.25) is 0 Å². The molecular weight excluding hydrogens is 332 g/mol. The van der Waals surface area contributed by atoms with Crippen molar-refractivity contribution in [1.82, 2.24) is 20.1 Å². The molecule has 3 heterocycles. The molecule has 1 N–H and O–H groups in total. The first-order valence-electron chi connectivity index (χ1n) is 9.22. The average molecular weight is 356 g/mol. The number of hydrogen-bond acceptors (Lipinski definition) is 5. The lowest BCUT2D eigenvalue weighted by Crippen LogP contribution is -2.49. The van der Waals surface area contributed by atoms with E-state index < -0.39 is 0 Å². The summed E-state index contributed by atoms with van der Waals surface area (Å²) in [5.74, 6) is 0.905. The van der Waals surface area contributed by atoms with E-state index in [4.69, 9.17) is 9.47 Å². The molecule has 0 bridgehead atoms. The van der Waals surface area contributed by atoms with Crippen molar-refractivity contribution >= 4 is 5.91 Å². The van der Waals surface area contributed by atoms with Crippen molar-refractivity contribution < 1.29 is 14.3 Å². The Bertz CT molecular complexity index is 711. The summed E-state index contributed by atoms with van der Waals surface area (Å²) in [6, 6.07) is 7.65. The Morgan fingerprint density at radius 3 is 2.42 bits per heavy atom. The quantitative estimate of drug-likeness (QED) is 0.904. The lowest BCUT2D eigenvalue weighted by Gasteiger charge is -2.39. The molecule has 1 amide bonds. The summed E-state index contributed by atoms with van der Waals surface area (Å²) in [4.78, 5) is 12.7. The third-order valence-corrected chi connectivity index (χ3v) is 5.43. The van der Waals surface area contributed by atoms with E-state index in [2.05, 4.69) is 15.5 Å². The Hall–Kier alpha value is -2.25. The van der Waals surface area contributed by atoms with E-state index in [1.807, 2.05) is 24.3 Å². The average Bonchev–Trinajstić information content (AvgIpc) is 3.24. The van der Waals surface area contributed by atoms with Gasteiger partial charge in [-0.25, -0.2) is 0 Å². The standard InChI is InChI=1S/C19H24N4O3/c24-19(15-1-3-16(4-2-15)23-12-20-21-13-23)22-18-7-10-26-11-17(18)14-5-8-25-9-6-14/h1-4,12-14,17-18H,5-11H2,(H,22,24)/t17-,18-/m0/s1. The Morgan fingerprint density at radius 1 is 1.00 bits per heavy atom. The highest BCUT2D eigenvalue weighted by molar-refractivity contribution is 5.94. The molecule has 7 heteroatoms. The number of nitrogens with zero attached hydrogens (tertiary/aromatic N) is 3. The molecule has 2 saturated heterocycles. The highest BCUT2D eigenvalue weighted by Gasteiger charge is 2.34. The zero-order valence-electron chi connectivity index (χ0n) is 14.7. The predicted octanol–water partition coefficient (Wildman–Crippen LogP) is 1.83. The minimum atomic E-state index is -0.0238. The second-order valence-corrected chi connectivity index (χ2v) is 6.97. The highest BCUT2D eigenvalue weighted by atomic mass is 16.5. The zero-order chi connectivity index (χ0) is 17.8. The first-order chi connectivity index (χ1) is 12.8. The van der Waals surface area contributed by atoms with Gasteiger partial charge in [0, 0.05) is 43.0 Å². The molecule has 0 saturated carbocycles. The van der Waals surface area contributed by atoms with Gasteiger partial charge < -0.3 is 14.8 Å². The van der Waals surface area contributed by atoms with E-state index in [9.17, 15) is 4.79 Å². The summed E-state index contributed by atoms with van der Waals surface area (Å²) in [5, 5.41) is 10.8. The summed E-state index contributed by atoms with van der Waals surface area (Å²) < 4.78 is 13.0. The summed E-state index contributed by atoms with van der Waals surface area (Å²) in [7, 11) is 0. The number of amides is 1. The second-order valence-electron chi connectivity index (χ2n) is 6.97. The maximum Gasteiger partial charge on any atom is 0.251 e. The number of benzene rings is 1. The lowest BCUT2D eigenvalue weighted by atomic mass is 9.79. The molecule has 1 aromatic carbocycles. The van der Waals surface area contributed by atoms with Gasteiger partial charge >= 0.3 is 0 Å². The first-order valence-corrected chi connectivity index (χ1v) is 9.22. The summed E-state index contributed by atoms with van der Waals surface area (Å²) in [6.45, 7) is 3.05. The van der Waals surface area contributed by atoms with Crippen molar-refractivity contribution in [2.45, 2.75) is 25.3 Å². The number of carbonyl (C=O) groups excluding carboxylic acids is 1. The molecule has 7 nitrogen and oxygen atoms in total. The van der Waals surface area contributed by atoms with Crippen LogP contribution in [0.1, 0.15) is 29.6 Å². The van der Waals surface area contributed by atoms with Crippen LogP contribution in [0.25, 0.3) is 5.69 Å². The number of hydrogen-bond donors (Lipinski definition) is 1. The lowest BCUT2D eigenvalue weighted by molar-refractivity contribution is -0.0259. The fourth-order valence-electron chi connectivity index (χ4n) is 3.92. The van der Waals surface area contributed by atoms with Gasteiger partial charge in [-0.05, 0) is 49.4 Å². The predicted molar refractivity (Wildman–Crippen MR) is 95.1 cm³/mol. The fourth-order valence-corrected chi connectivity index (χ4v) is 3.92. The van der Waals surface area contributed by atoms with Crippen LogP contribution in [0.5, 0.6) is 0 Å². The summed E-state index contributed by atoms with van der Waals surface area (Å²) in [6.07, 6.45) is 6.24. The third-order valence-electron chi connectivity index (χ3n) is 5.43. The second kappa shape index (κ2) is 7.97. The normalized spacial score (nSPS) is 24.3. The molecule has 2 aliphatic heterocycles. The van der Waals surface area contributed by atoms with Crippen LogP contribution >= 0.6 is 0 Å². The van der Waals surface area contributed by atoms with Crippen molar-refractivity contribution in [2.75, 3.05) is 26.4 Å². The van der Waals surface area contributed by atoms with Gasteiger partial charge in [-0.3, -0.25) is 9.36 Å². The Kier molecular flexibility index (Phi) is 5.26. The van der Waals surface area contributed by atoms with E-state index in [0.29, 0.717) is 24.0 Å². The number of carbonyl (C=O) groups is 1. The van der Waals surface area contributed by atoms with Crippen LogP contribution in [0.2, 0.25) is 0 Å². The Labute approximate surface area is 152 Å².